The molecule has 1 N–H and O–H groups in total. The van der Waals surface area contributed by atoms with Crippen molar-refractivity contribution in [1.82, 2.24) is 0 Å². The molecule has 1 rings (SSSR count). The van der Waals surface area contributed by atoms with Gasteiger partial charge in [0, 0.05) is 10.9 Å². The Kier molecular flexibility index (Phi) is 5.40. The fourth-order valence-corrected chi connectivity index (χ4v) is 2.06. The number of aryl methyl sites for hydroxylation is 1. The number of carboxylic acids is 1. The standard InChI is InChI=1S/C12H13BrClFO2/c1-7(4-12(16)17)2-3-8-5-10(14)9(13)6-11(8)15/h5-7H,2-4H2,1H3,(H,16,17). The van der Waals surface area contributed by atoms with Gasteiger partial charge >= 0.3 is 5.97 Å². The molecule has 0 bridgehead atoms. The fraction of sp³-hybridized carbons (Fsp3) is 0.417. The molecule has 0 saturated carbocycles. The van der Waals surface area contributed by atoms with E-state index in [4.69, 9.17) is 16.7 Å². The second-order valence-corrected chi connectivity index (χ2v) is 5.36. The zero-order valence-corrected chi connectivity index (χ0v) is 11.7. The van der Waals surface area contributed by atoms with E-state index in [-0.39, 0.29) is 18.2 Å². The maximum absolute atomic E-state index is 13.5. The van der Waals surface area contributed by atoms with Gasteiger partial charge in [0.15, 0.2) is 0 Å². The highest BCUT2D eigenvalue weighted by Crippen LogP contribution is 2.27. The summed E-state index contributed by atoms with van der Waals surface area (Å²) < 4.78 is 14.1. The summed E-state index contributed by atoms with van der Waals surface area (Å²) >= 11 is 9.02. The number of aliphatic carboxylic acids is 1. The van der Waals surface area contributed by atoms with Crippen LogP contribution in [0.3, 0.4) is 0 Å². The first-order valence-corrected chi connectivity index (χ1v) is 6.42. The molecule has 0 aliphatic carbocycles. The lowest BCUT2D eigenvalue weighted by molar-refractivity contribution is -0.138. The van der Waals surface area contributed by atoms with Crippen LogP contribution in [0.5, 0.6) is 0 Å². The number of carbonyl (C=O) groups is 1. The van der Waals surface area contributed by atoms with E-state index in [1.165, 1.54) is 6.07 Å². The van der Waals surface area contributed by atoms with Crippen LogP contribution in [-0.4, -0.2) is 11.1 Å². The molecule has 1 unspecified atom stereocenters. The maximum Gasteiger partial charge on any atom is 0.303 e. The Balaban J connectivity index is 2.63. The van der Waals surface area contributed by atoms with Gasteiger partial charge in [0.1, 0.15) is 5.82 Å². The Labute approximate surface area is 113 Å². The molecule has 0 aliphatic rings. The zero-order chi connectivity index (χ0) is 13.0. The van der Waals surface area contributed by atoms with Gasteiger partial charge in [-0.3, -0.25) is 4.79 Å². The fourth-order valence-electron chi connectivity index (χ4n) is 1.56. The third-order valence-corrected chi connectivity index (χ3v) is 3.72. The minimum Gasteiger partial charge on any atom is -0.481 e. The highest BCUT2D eigenvalue weighted by atomic mass is 79.9. The van der Waals surface area contributed by atoms with E-state index in [1.807, 2.05) is 6.92 Å². The molecule has 2 nitrogen and oxygen atoms in total. The second kappa shape index (κ2) is 6.36. The van der Waals surface area contributed by atoms with E-state index >= 15 is 0 Å². The van der Waals surface area contributed by atoms with Crippen molar-refractivity contribution in [3.8, 4) is 0 Å². The van der Waals surface area contributed by atoms with Crippen molar-refractivity contribution in [3.05, 3.63) is 33.0 Å². The van der Waals surface area contributed by atoms with Crippen molar-refractivity contribution in [3.63, 3.8) is 0 Å². The van der Waals surface area contributed by atoms with E-state index in [0.717, 1.165) is 0 Å². The van der Waals surface area contributed by atoms with Gasteiger partial charge in [-0.15, -0.1) is 0 Å². The number of hydrogen-bond donors (Lipinski definition) is 1. The Bertz CT molecular complexity index is 423. The number of rotatable bonds is 5. The average Bonchev–Trinajstić information content (AvgIpc) is 2.20. The van der Waals surface area contributed by atoms with Crippen molar-refractivity contribution >= 4 is 33.5 Å². The molecule has 0 aliphatic heterocycles. The normalized spacial score (nSPS) is 12.5. The molecule has 0 heterocycles. The van der Waals surface area contributed by atoms with Crippen LogP contribution in [-0.2, 0) is 11.2 Å². The van der Waals surface area contributed by atoms with Gasteiger partial charge in [-0.2, -0.15) is 0 Å². The monoisotopic (exact) mass is 322 g/mol. The Hall–Kier alpha value is -0.610. The van der Waals surface area contributed by atoms with E-state index in [1.54, 1.807) is 6.07 Å². The molecule has 0 saturated heterocycles. The first kappa shape index (κ1) is 14.5. The number of hydrogen-bond acceptors (Lipinski definition) is 1. The zero-order valence-electron chi connectivity index (χ0n) is 9.34. The predicted octanol–water partition coefficient (Wildman–Crippen LogP) is 4.29. The van der Waals surface area contributed by atoms with Gasteiger partial charge in [-0.05, 0) is 52.4 Å². The van der Waals surface area contributed by atoms with E-state index in [0.29, 0.717) is 27.9 Å². The molecule has 1 atom stereocenters. The van der Waals surface area contributed by atoms with Crippen LogP contribution in [0.25, 0.3) is 0 Å². The lowest BCUT2D eigenvalue weighted by atomic mass is 9.98. The van der Waals surface area contributed by atoms with Crippen LogP contribution in [0.1, 0.15) is 25.3 Å². The molecule has 1 aromatic rings. The number of halogens is 3. The van der Waals surface area contributed by atoms with E-state index in [2.05, 4.69) is 15.9 Å². The summed E-state index contributed by atoms with van der Waals surface area (Å²) in [5.41, 5.74) is 0.524. The van der Waals surface area contributed by atoms with Gasteiger partial charge in [-0.25, -0.2) is 4.39 Å². The lowest BCUT2D eigenvalue weighted by Gasteiger charge is -2.10. The lowest BCUT2D eigenvalue weighted by Crippen LogP contribution is -2.06. The van der Waals surface area contributed by atoms with Gasteiger partial charge in [0.25, 0.3) is 0 Å². The van der Waals surface area contributed by atoms with Crippen LogP contribution in [0, 0.1) is 11.7 Å². The summed E-state index contributed by atoms with van der Waals surface area (Å²) in [6, 6.07) is 2.91. The molecule has 1 aromatic carbocycles. The third kappa shape index (κ3) is 4.64. The molecule has 17 heavy (non-hydrogen) atoms. The van der Waals surface area contributed by atoms with Crippen LogP contribution >= 0.6 is 27.5 Å². The summed E-state index contributed by atoms with van der Waals surface area (Å²) in [5, 5.41) is 9.08. The summed E-state index contributed by atoms with van der Waals surface area (Å²) in [5.74, 6) is -1.12. The summed E-state index contributed by atoms with van der Waals surface area (Å²) in [6.45, 7) is 1.84. The van der Waals surface area contributed by atoms with Gasteiger partial charge in [0.05, 0.1) is 5.02 Å². The van der Waals surface area contributed by atoms with E-state index < -0.39 is 5.97 Å². The Morgan fingerprint density at radius 1 is 1.59 bits per heavy atom. The van der Waals surface area contributed by atoms with Crippen molar-refractivity contribution in [1.29, 1.82) is 0 Å². The largest absolute Gasteiger partial charge is 0.481 e. The van der Waals surface area contributed by atoms with Crippen molar-refractivity contribution in [2.45, 2.75) is 26.2 Å². The molecule has 0 radical (unpaired) electrons. The SMILES string of the molecule is CC(CCc1cc(Cl)c(Br)cc1F)CC(=O)O. The van der Waals surface area contributed by atoms with Crippen LogP contribution in [0.2, 0.25) is 5.02 Å². The average molecular weight is 324 g/mol. The van der Waals surface area contributed by atoms with Crippen molar-refractivity contribution < 1.29 is 14.3 Å². The van der Waals surface area contributed by atoms with Gasteiger partial charge in [0.2, 0.25) is 0 Å². The van der Waals surface area contributed by atoms with Crippen LogP contribution < -0.4 is 0 Å². The molecular formula is C12H13BrClFO2. The highest BCUT2D eigenvalue weighted by Gasteiger charge is 2.11. The molecule has 0 fully saturated rings. The van der Waals surface area contributed by atoms with Gasteiger partial charge in [-0.1, -0.05) is 18.5 Å². The number of carboxylic acid groups (broad SMARTS) is 1. The quantitative estimate of drug-likeness (QED) is 0.821. The molecule has 94 valence electrons. The second-order valence-electron chi connectivity index (χ2n) is 4.10. The highest BCUT2D eigenvalue weighted by molar-refractivity contribution is 9.10. The summed E-state index contributed by atoms with van der Waals surface area (Å²) in [4.78, 5) is 10.5. The van der Waals surface area contributed by atoms with Crippen LogP contribution in [0.15, 0.2) is 16.6 Å². The van der Waals surface area contributed by atoms with Gasteiger partial charge < -0.3 is 5.11 Å². The molecule has 0 aromatic heterocycles. The first-order chi connectivity index (χ1) is 7.90. The maximum atomic E-state index is 13.5. The third-order valence-electron chi connectivity index (χ3n) is 2.52. The Morgan fingerprint density at radius 3 is 2.82 bits per heavy atom. The smallest absolute Gasteiger partial charge is 0.303 e. The summed E-state index contributed by atoms with van der Waals surface area (Å²) in [6.07, 6.45) is 1.22. The van der Waals surface area contributed by atoms with Crippen LogP contribution in [0.4, 0.5) is 4.39 Å². The summed E-state index contributed by atoms with van der Waals surface area (Å²) in [7, 11) is 0. The Morgan fingerprint density at radius 2 is 2.24 bits per heavy atom. The van der Waals surface area contributed by atoms with Crippen molar-refractivity contribution in [2.75, 3.05) is 0 Å². The first-order valence-electron chi connectivity index (χ1n) is 5.25. The topological polar surface area (TPSA) is 37.3 Å². The van der Waals surface area contributed by atoms with Crippen molar-refractivity contribution in [2.24, 2.45) is 5.92 Å². The molecular weight excluding hydrogens is 310 g/mol. The minimum absolute atomic E-state index is 0.0225. The minimum atomic E-state index is -0.827. The predicted molar refractivity (Wildman–Crippen MR) is 68.8 cm³/mol. The molecule has 0 amide bonds. The molecule has 5 heteroatoms. The van der Waals surface area contributed by atoms with E-state index in [9.17, 15) is 9.18 Å². The number of benzene rings is 1. The molecule has 0 spiro atoms.